The second-order valence-corrected chi connectivity index (χ2v) is 5.96. The van der Waals surface area contributed by atoms with Gasteiger partial charge in [0.25, 0.3) is 0 Å². The zero-order chi connectivity index (χ0) is 15.0. The molecule has 2 aromatic rings. The van der Waals surface area contributed by atoms with Gasteiger partial charge in [-0.3, -0.25) is 4.79 Å². The molecule has 5 heteroatoms. The third kappa shape index (κ3) is 2.40. The first-order chi connectivity index (χ1) is 9.34. The number of alkyl halides is 1. The number of likely N-dealkylation sites (N-methyl/N-ethyl adjacent to an activating group) is 1. The third-order valence-electron chi connectivity index (χ3n) is 3.49. The van der Waals surface area contributed by atoms with E-state index in [1.54, 1.807) is 19.0 Å². The van der Waals surface area contributed by atoms with Crippen molar-refractivity contribution in [1.29, 1.82) is 0 Å². The number of aromatic nitrogens is 2. The Kier molecular flexibility index (Phi) is 4.04. The number of carbonyl (C=O) groups excluding carboxylic acids is 1. The van der Waals surface area contributed by atoms with Gasteiger partial charge in [0.15, 0.2) is 0 Å². The number of benzene rings is 1. The van der Waals surface area contributed by atoms with Crippen LogP contribution in [0.5, 0.6) is 0 Å². The van der Waals surface area contributed by atoms with Gasteiger partial charge in [0.2, 0.25) is 5.91 Å². The normalized spacial score (nSPS) is 14.3. The maximum Gasteiger partial charge on any atom is 0.244 e. The summed E-state index contributed by atoms with van der Waals surface area (Å²) in [5.41, 5.74) is 2.95. The molecule has 0 radical (unpaired) electrons. The molecule has 0 bridgehead atoms. The summed E-state index contributed by atoms with van der Waals surface area (Å²) in [6.45, 7) is 5.77. The lowest BCUT2D eigenvalue weighted by Gasteiger charge is -2.21. The summed E-state index contributed by atoms with van der Waals surface area (Å²) in [7, 11) is 3.51. The topological polar surface area (TPSA) is 38.1 Å². The number of hydrogen-bond donors (Lipinski definition) is 0. The van der Waals surface area contributed by atoms with E-state index >= 15 is 0 Å². The zero-order valence-electron chi connectivity index (χ0n) is 12.5. The highest BCUT2D eigenvalue weighted by atomic mass is 35.5. The average molecular weight is 294 g/mol. The molecular formula is C15H20ClN3O. The highest BCUT2D eigenvalue weighted by Gasteiger charge is 2.24. The number of nitrogens with zero attached hydrogens (tertiary/aromatic N) is 3. The zero-order valence-corrected chi connectivity index (χ0v) is 13.3. The second-order valence-electron chi connectivity index (χ2n) is 5.31. The molecule has 108 valence electrons. The number of carbonyl (C=O) groups is 1. The molecule has 0 spiro atoms. The van der Waals surface area contributed by atoms with Gasteiger partial charge in [-0.05, 0) is 32.4 Å². The number of hydrogen-bond acceptors (Lipinski definition) is 2. The van der Waals surface area contributed by atoms with Gasteiger partial charge < -0.3 is 9.47 Å². The van der Waals surface area contributed by atoms with Gasteiger partial charge in [0.05, 0.1) is 16.4 Å². The predicted molar refractivity (Wildman–Crippen MR) is 82.1 cm³/mol. The molecule has 2 rings (SSSR count). The fraction of sp³-hybridized carbons (Fsp3) is 0.467. The molecule has 0 saturated heterocycles. The van der Waals surface area contributed by atoms with E-state index in [1.807, 2.05) is 43.5 Å². The van der Waals surface area contributed by atoms with Gasteiger partial charge in [-0.15, -0.1) is 11.6 Å². The van der Waals surface area contributed by atoms with E-state index in [0.717, 1.165) is 22.4 Å². The number of imidazole rings is 1. The van der Waals surface area contributed by atoms with E-state index in [0.29, 0.717) is 0 Å². The predicted octanol–water partition coefficient (Wildman–Crippen LogP) is 3.29. The van der Waals surface area contributed by atoms with Gasteiger partial charge in [-0.1, -0.05) is 12.1 Å². The van der Waals surface area contributed by atoms with Crippen molar-refractivity contribution >= 4 is 28.5 Å². The largest absolute Gasteiger partial charge is 0.347 e. The quantitative estimate of drug-likeness (QED) is 0.815. The molecule has 0 aliphatic rings. The number of rotatable bonds is 3. The molecule has 1 aromatic heterocycles. The maximum absolute atomic E-state index is 12.3. The summed E-state index contributed by atoms with van der Waals surface area (Å²) in [6.07, 6.45) is 0. The monoisotopic (exact) mass is 293 g/mol. The van der Waals surface area contributed by atoms with E-state index in [-0.39, 0.29) is 17.3 Å². The van der Waals surface area contributed by atoms with Crippen molar-refractivity contribution in [2.45, 2.75) is 32.2 Å². The summed E-state index contributed by atoms with van der Waals surface area (Å²) < 4.78 is 1.95. The first-order valence-electron chi connectivity index (χ1n) is 6.67. The van der Waals surface area contributed by atoms with Crippen molar-refractivity contribution in [2.75, 3.05) is 14.1 Å². The van der Waals surface area contributed by atoms with Crippen LogP contribution in [0.1, 0.15) is 36.7 Å². The summed E-state index contributed by atoms with van der Waals surface area (Å²) >= 11 is 6.25. The van der Waals surface area contributed by atoms with E-state index in [1.165, 1.54) is 0 Å². The summed E-state index contributed by atoms with van der Waals surface area (Å²) in [5.74, 6) is 0.767. The van der Waals surface area contributed by atoms with Crippen molar-refractivity contribution in [3.8, 4) is 0 Å². The van der Waals surface area contributed by atoms with Crippen molar-refractivity contribution in [3.05, 3.63) is 29.6 Å². The van der Waals surface area contributed by atoms with Crippen LogP contribution in [-0.2, 0) is 4.79 Å². The van der Waals surface area contributed by atoms with Gasteiger partial charge in [-0.2, -0.15) is 0 Å². The first-order valence-corrected chi connectivity index (χ1v) is 7.11. The molecule has 0 fully saturated rings. The fourth-order valence-electron chi connectivity index (χ4n) is 2.45. The lowest BCUT2D eigenvalue weighted by Crippen LogP contribution is -2.30. The van der Waals surface area contributed by atoms with Crippen molar-refractivity contribution < 1.29 is 4.79 Å². The number of aryl methyl sites for hydroxylation is 1. The molecule has 1 amide bonds. The van der Waals surface area contributed by atoms with Crippen LogP contribution in [0.15, 0.2) is 18.2 Å². The van der Waals surface area contributed by atoms with Crippen LogP contribution in [-0.4, -0.2) is 34.5 Å². The summed E-state index contributed by atoms with van der Waals surface area (Å²) in [4.78, 5) is 18.5. The SMILES string of the molecule is Cc1cccc2c1nc(C(C)Cl)n2C(C)C(=O)N(C)C. The average Bonchev–Trinajstić information content (AvgIpc) is 2.78. The van der Waals surface area contributed by atoms with Crippen LogP contribution in [0.25, 0.3) is 11.0 Å². The molecule has 20 heavy (non-hydrogen) atoms. The van der Waals surface area contributed by atoms with E-state index < -0.39 is 0 Å². The highest BCUT2D eigenvalue weighted by molar-refractivity contribution is 6.20. The van der Waals surface area contributed by atoms with Crippen LogP contribution in [0.3, 0.4) is 0 Å². The Morgan fingerprint density at radius 1 is 1.35 bits per heavy atom. The Morgan fingerprint density at radius 2 is 2.00 bits per heavy atom. The van der Waals surface area contributed by atoms with Gasteiger partial charge in [-0.25, -0.2) is 4.98 Å². The smallest absolute Gasteiger partial charge is 0.244 e. The Morgan fingerprint density at radius 3 is 2.55 bits per heavy atom. The third-order valence-corrected chi connectivity index (χ3v) is 3.69. The minimum Gasteiger partial charge on any atom is -0.347 e. The van der Waals surface area contributed by atoms with Crippen LogP contribution in [0, 0.1) is 6.92 Å². The molecule has 0 aliphatic heterocycles. The van der Waals surface area contributed by atoms with E-state index in [4.69, 9.17) is 11.6 Å². The fourth-order valence-corrected chi connectivity index (χ4v) is 2.60. The maximum atomic E-state index is 12.3. The number of para-hydroxylation sites is 1. The van der Waals surface area contributed by atoms with Gasteiger partial charge in [0, 0.05) is 14.1 Å². The van der Waals surface area contributed by atoms with Crippen molar-refractivity contribution in [1.82, 2.24) is 14.5 Å². The minimum atomic E-state index is -0.326. The molecule has 2 atom stereocenters. The molecule has 0 N–H and O–H groups in total. The van der Waals surface area contributed by atoms with Gasteiger partial charge >= 0.3 is 0 Å². The second kappa shape index (κ2) is 5.44. The Labute approximate surface area is 124 Å². The van der Waals surface area contributed by atoms with E-state index in [2.05, 4.69) is 4.98 Å². The van der Waals surface area contributed by atoms with Gasteiger partial charge in [0.1, 0.15) is 11.9 Å². The first kappa shape index (κ1) is 14.9. The minimum absolute atomic E-state index is 0.0318. The molecule has 0 aliphatic carbocycles. The molecule has 0 saturated carbocycles. The highest BCUT2D eigenvalue weighted by Crippen LogP contribution is 2.29. The molecule has 1 aromatic carbocycles. The standard InChI is InChI=1S/C15H20ClN3O/c1-9-7-6-8-12-13(9)17-14(10(2)16)19(12)11(3)15(20)18(4)5/h6-8,10-11H,1-5H3. The van der Waals surface area contributed by atoms with Crippen LogP contribution >= 0.6 is 11.6 Å². The molecule has 2 unspecified atom stereocenters. The number of amides is 1. The Hall–Kier alpha value is -1.55. The Bertz CT molecular complexity index is 646. The number of fused-ring (bicyclic) bond motifs is 1. The molecule has 4 nitrogen and oxygen atoms in total. The van der Waals surface area contributed by atoms with Crippen LogP contribution in [0.2, 0.25) is 0 Å². The summed E-state index contributed by atoms with van der Waals surface area (Å²) in [6, 6.07) is 5.65. The van der Waals surface area contributed by atoms with Crippen LogP contribution in [0.4, 0.5) is 0 Å². The lowest BCUT2D eigenvalue weighted by molar-refractivity contribution is -0.131. The summed E-state index contributed by atoms with van der Waals surface area (Å²) in [5, 5.41) is -0.251. The van der Waals surface area contributed by atoms with Crippen molar-refractivity contribution in [3.63, 3.8) is 0 Å². The lowest BCUT2D eigenvalue weighted by atomic mass is 10.2. The number of halogens is 1. The molecular weight excluding hydrogens is 274 g/mol. The molecule has 1 heterocycles. The Balaban J connectivity index is 2.69. The van der Waals surface area contributed by atoms with Crippen LogP contribution < -0.4 is 0 Å². The van der Waals surface area contributed by atoms with Crippen molar-refractivity contribution in [2.24, 2.45) is 0 Å². The van der Waals surface area contributed by atoms with E-state index in [9.17, 15) is 4.79 Å².